The zero-order valence-corrected chi connectivity index (χ0v) is 20.3. The molecule has 0 aromatic rings. The molecule has 4 saturated heterocycles. The van der Waals surface area contributed by atoms with Crippen LogP contribution in [-0.4, -0.2) is 175 Å². The maximum absolute atomic E-state index is 10.8. The first-order chi connectivity index (χ1) is 17.9. The summed E-state index contributed by atoms with van der Waals surface area (Å²) in [5.41, 5.74) is 0. The third-order valence-electron chi connectivity index (χ3n) is 6.98. The van der Waals surface area contributed by atoms with Gasteiger partial charge in [-0.25, -0.2) is 0 Å². The van der Waals surface area contributed by atoms with Gasteiger partial charge in [-0.15, -0.1) is 0 Å². The van der Waals surface area contributed by atoms with Crippen LogP contribution in [-0.2, 0) is 33.2 Å². The van der Waals surface area contributed by atoms with E-state index in [1.54, 1.807) is 0 Å². The van der Waals surface area contributed by atoms with Crippen LogP contribution in [0.2, 0.25) is 0 Å². The van der Waals surface area contributed by atoms with E-state index < -0.39 is 111 Å². The highest BCUT2D eigenvalue weighted by molar-refractivity contribution is 4.94. The molecule has 4 rings (SSSR count). The molecule has 0 radical (unpaired) electrons. The van der Waals surface area contributed by atoms with E-state index in [9.17, 15) is 51.1 Å². The van der Waals surface area contributed by atoms with Crippen molar-refractivity contribution in [1.29, 1.82) is 0 Å². The Morgan fingerprint density at radius 1 is 0.474 bits per heavy atom. The van der Waals surface area contributed by atoms with Gasteiger partial charge in [0.15, 0.2) is 25.2 Å². The minimum absolute atomic E-state index is 0.345. The second-order valence-electron chi connectivity index (χ2n) is 9.78. The van der Waals surface area contributed by atoms with Crippen LogP contribution >= 0.6 is 0 Å². The van der Waals surface area contributed by atoms with Gasteiger partial charge in [0.25, 0.3) is 0 Å². The molecule has 0 aliphatic carbocycles. The Morgan fingerprint density at radius 2 is 0.974 bits per heavy atom. The monoisotopic (exact) mass is 560 g/mol. The predicted octanol–water partition coefficient (Wildman–Crippen LogP) is -6.80. The van der Waals surface area contributed by atoms with Crippen LogP contribution in [0.1, 0.15) is 6.92 Å². The SMILES string of the molecule is C[C@@H]1O[C@@H](O[C@@H]2[C@@H](O)[C@H](O)CO[C@@H]2O)[C@H](O)[C@H](O)[C@H]1O[C@@H]1OC[C@H](O)[C@@H](O[C@@H]2OC[C@@H](O)[C@H](O)[C@H]2O)[C@H]1O. The molecule has 0 aromatic heterocycles. The largest absolute Gasteiger partial charge is 0.388 e. The maximum atomic E-state index is 10.8. The van der Waals surface area contributed by atoms with E-state index in [1.807, 2.05) is 0 Å². The van der Waals surface area contributed by atoms with E-state index in [0.29, 0.717) is 0 Å². The number of aliphatic hydroxyl groups excluding tert-OH is 10. The smallest absolute Gasteiger partial charge is 0.187 e. The number of aliphatic hydroxyl groups is 10. The Bertz CT molecular complexity index is 761. The molecule has 17 heteroatoms. The van der Waals surface area contributed by atoms with Gasteiger partial charge in [-0.05, 0) is 6.92 Å². The number of hydrogen-bond donors (Lipinski definition) is 10. The summed E-state index contributed by atoms with van der Waals surface area (Å²) < 4.78 is 37.5. The molecule has 0 saturated carbocycles. The summed E-state index contributed by atoms with van der Waals surface area (Å²) in [5, 5.41) is 102. The van der Waals surface area contributed by atoms with Crippen molar-refractivity contribution in [2.45, 2.75) is 111 Å². The lowest BCUT2D eigenvalue weighted by Crippen LogP contribution is -2.64. The van der Waals surface area contributed by atoms with Crippen molar-refractivity contribution in [3.05, 3.63) is 0 Å². The van der Waals surface area contributed by atoms with E-state index in [4.69, 9.17) is 33.2 Å². The van der Waals surface area contributed by atoms with Crippen LogP contribution in [0, 0.1) is 0 Å². The van der Waals surface area contributed by atoms with E-state index in [2.05, 4.69) is 0 Å². The molecule has 0 spiro atoms. The molecule has 0 unspecified atom stereocenters. The summed E-state index contributed by atoms with van der Waals surface area (Å²) in [6.07, 6.45) is -25.7. The molecule has 17 atom stereocenters. The second-order valence-corrected chi connectivity index (χ2v) is 9.78. The number of hydrogen-bond acceptors (Lipinski definition) is 17. The van der Waals surface area contributed by atoms with Gasteiger partial charge >= 0.3 is 0 Å². The highest BCUT2D eigenvalue weighted by atomic mass is 16.8. The van der Waals surface area contributed by atoms with Crippen LogP contribution in [0.25, 0.3) is 0 Å². The molecule has 10 N–H and O–H groups in total. The first-order valence-corrected chi connectivity index (χ1v) is 12.2. The van der Waals surface area contributed by atoms with Crippen LogP contribution < -0.4 is 0 Å². The lowest BCUT2D eigenvalue weighted by Gasteiger charge is -2.46. The van der Waals surface area contributed by atoms with Crippen LogP contribution in [0.4, 0.5) is 0 Å². The lowest BCUT2D eigenvalue weighted by atomic mass is 9.98. The van der Waals surface area contributed by atoms with Crippen molar-refractivity contribution in [3.8, 4) is 0 Å². The van der Waals surface area contributed by atoms with Gasteiger partial charge in [0.2, 0.25) is 0 Å². The third kappa shape index (κ3) is 6.14. The Balaban J connectivity index is 1.37. The van der Waals surface area contributed by atoms with E-state index in [-0.39, 0.29) is 13.2 Å². The summed E-state index contributed by atoms with van der Waals surface area (Å²) in [6.45, 7) is 0.309. The maximum Gasteiger partial charge on any atom is 0.187 e. The lowest BCUT2D eigenvalue weighted by molar-refractivity contribution is -0.374. The van der Waals surface area contributed by atoms with Gasteiger partial charge in [0.1, 0.15) is 73.2 Å². The normalized spacial score (nSPS) is 54.6. The van der Waals surface area contributed by atoms with Crippen LogP contribution in [0.3, 0.4) is 0 Å². The van der Waals surface area contributed by atoms with Crippen molar-refractivity contribution in [2.75, 3.05) is 19.8 Å². The van der Waals surface area contributed by atoms with Gasteiger partial charge in [-0.1, -0.05) is 0 Å². The quantitative estimate of drug-likeness (QED) is 0.145. The average Bonchev–Trinajstić information content (AvgIpc) is 2.88. The molecular weight excluding hydrogens is 524 g/mol. The Hall–Kier alpha value is -0.680. The molecule has 4 aliphatic heterocycles. The topological polar surface area (TPSA) is 267 Å². The fourth-order valence-electron chi connectivity index (χ4n) is 4.66. The summed E-state index contributed by atoms with van der Waals surface area (Å²) in [4.78, 5) is 0. The molecular formula is C21H36O17. The molecule has 4 fully saturated rings. The molecule has 0 aromatic carbocycles. The standard InChI is InChI=1S/C21H36O17/c1-5-15(11(27)13(29)21(35-5)38-17-10(26)7(23)2-32-18(17)31)36-20-14(30)16(8(24)4-34-20)37-19-12(28)9(25)6(22)3-33-19/h5-31H,2-4H2,1H3/t5-,6+,7+,8-,9-,10-,11-,12+,13+,14+,15-,16+,17+,18-,19-,20-,21-/m0/s1. The van der Waals surface area contributed by atoms with Gasteiger partial charge in [0.05, 0.1) is 25.9 Å². The van der Waals surface area contributed by atoms with Gasteiger partial charge in [-0.2, -0.15) is 0 Å². The fourth-order valence-corrected chi connectivity index (χ4v) is 4.66. The van der Waals surface area contributed by atoms with Gasteiger partial charge in [-0.3, -0.25) is 0 Å². The minimum atomic E-state index is -1.79. The highest BCUT2D eigenvalue weighted by Crippen LogP contribution is 2.31. The molecule has 17 nitrogen and oxygen atoms in total. The Kier molecular flexibility index (Phi) is 9.92. The first-order valence-electron chi connectivity index (χ1n) is 12.2. The first kappa shape index (κ1) is 30.3. The highest BCUT2D eigenvalue weighted by Gasteiger charge is 2.51. The Morgan fingerprint density at radius 3 is 1.66 bits per heavy atom. The zero-order chi connectivity index (χ0) is 27.9. The van der Waals surface area contributed by atoms with Crippen LogP contribution in [0.5, 0.6) is 0 Å². The summed E-state index contributed by atoms with van der Waals surface area (Å²) in [6, 6.07) is 0. The minimum Gasteiger partial charge on any atom is -0.388 e. The second kappa shape index (κ2) is 12.5. The van der Waals surface area contributed by atoms with Crippen molar-refractivity contribution in [3.63, 3.8) is 0 Å². The molecule has 4 aliphatic rings. The summed E-state index contributed by atoms with van der Waals surface area (Å²) in [5.74, 6) is 0. The fraction of sp³-hybridized carbons (Fsp3) is 1.00. The average molecular weight is 561 g/mol. The molecule has 222 valence electrons. The third-order valence-corrected chi connectivity index (χ3v) is 6.98. The van der Waals surface area contributed by atoms with Crippen molar-refractivity contribution >= 4 is 0 Å². The molecule has 0 bridgehead atoms. The summed E-state index contributed by atoms with van der Waals surface area (Å²) in [7, 11) is 0. The molecule has 4 heterocycles. The molecule has 0 amide bonds. The van der Waals surface area contributed by atoms with Gasteiger partial charge in [0, 0.05) is 0 Å². The number of rotatable bonds is 6. The zero-order valence-electron chi connectivity index (χ0n) is 20.3. The Labute approximate surface area is 216 Å². The van der Waals surface area contributed by atoms with Crippen molar-refractivity contribution in [2.24, 2.45) is 0 Å². The van der Waals surface area contributed by atoms with Crippen molar-refractivity contribution in [1.82, 2.24) is 0 Å². The van der Waals surface area contributed by atoms with Gasteiger partial charge < -0.3 is 84.2 Å². The van der Waals surface area contributed by atoms with E-state index in [0.717, 1.165) is 0 Å². The van der Waals surface area contributed by atoms with Crippen LogP contribution in [0.15, 0.2) is 0 Å². The summed E-state index contributed by atoms with van der Waals surface area (Å²) >= 11 is 0. The predicted molar refractivity (Wildman–Crippen MR) is 114 cm³/mol. The van der Waals surface area contributed by atoms with Crippen molar-refractivity contribution < 1.29 is 84.2 Å². The van der Waals surface area contributed by atoms with E-state index >= 15 is 0 Å². The van der Waals surface area contributed by atoms with E-state index in [1.165, 1.54) is 6.92 Å². The molecule has 38 heavy (non-hydrogen) atoms. The number of ether oxygens (including phenoxy) is 7.